The molecule has 3 aliphatic rings. The van der Waals surface area contributed by atoms with E-state index in [0.29, 0.717) is 29.7 Å². The summed E-state index contributed by atoms with van der Waals surface area (Å²) in [5.74, 6) is -0.273. The second-order valence-corrected chi connectivity index (χ2v) is 9.63. The van der Waals surface area contributed by atoms with Crippen LogP contribution in [0.1, 0.15) is 38.7 Å². The summed E-state index contributed by atoms with van der Waals surface area (Å²) in [5, 5.41) is 2.83. The topological polar surface area (TPSA) is 60.4 Å². The molecule has 0 radical (unpaired) electrons. The molecule has 178 valence electrons. The molecular formula is C23H30FN5O2S2. The zero-order valence-corrected chi connectivity index (χ0v) is 20.7. The van der Waals surface area contributed by atoms with Gasteiger partial charge in [0.2, 0.25) is 0 Å². The Labute approximate surface area is 204 Å². The molecule has 3 aliphatic heterocycles. The summed E-state index contributed by atoms with van der Waals surface area (Å²) in [6.45, 7) is 9.18. The van der Waals surface area contributed by atoms with Gasteiger partial charge < -0.3 is 9.64 Å². The number of amidine groups is 1. The van der Waals surface area contributed by atoms with E-state index in [2.05, 4.69) is 29.2 Å². The standard InChI is InChI=1S/C23H30FN5O2S2/c1-3-27(4-2)18-9-12-28(15-18)23(30)31-19-14-17(24)8-7-16(19)13-20-21(32)26-22(33-20)29-11-6-5-10-25-29/h7-8,13-14,18,25H,3-6,9-12,15H2,1-2H3/b20-13-/t18-/m0/s1. The number of ether oxygens (including phenoxy) is 1. The number of carbonyl (C=O) groups excluding carboxylic acids is 1. The molecule has 7 nitrogen and oxygen atoms in total. The van der Waals surface area contributed by atoms with Crippen molar-refractivity contribution < 1.29 is 13.9 Å². The van der Waals surface area contributed by atoms with E-state index in [-0.39, 0.29) is 5.75 Å². The number of nitrogens with zero attached hydrogens (tertiary/aromatic N) is 4. The number of thiocarbonyl (C=S) groups is 1. The Bertz CT molecular complexity index is 960. The van der Waals surface area contributed by atoms with E-state index in [1.54, 1.807) is 11.0 Å². The molecule has 0 aromatic heterocycles. The summed E-state index contributed by atoms with van der Waals surface area (Å²) in [7, 11) is 0. The normalized spacial score (nSPS) is 22.4. The number of carbonyl (C=O) groups is 1. The van der Waals surface area contributed by atoms with Gasteiger partial charge in [0.25, 0.3) is 0 Å². The fraction of sp³-hybridized carbons (Fsp3) is 0.522. The third kappa shape index (κ3) is 5.74. The Hall–Kier alpha value is -2.01. The molecule has 1 aromatic carbocycles. The second-order valence-electron chi connectivity index (χ2n) is 8.24. The molecule has 0 saturated carbocycles. The molecule has 1 N–H and O–H groups in total. The molecule has 0 spiro atoms. The Morgan fingerprint density at radius 2 is 2.18 bits per heavy atom. The highest BCUT2D eigenvalue weighted by atomic mass is 32.2. The summed E-state index contributed by atoms with van der Waals surface area (Å²) in [4.78, 5) is 22.7. The van der Waals surface area contributed by atoms with Crippen LogP contribution < -0.4 is 10.2 Å². The van der Waals surface area contributed by atoms with Crippen LogP contribution in [0.25, 0.3) is 6.08 Å². The lowest BCUT2D eigenvalue weighted by Gasteiger charge is -2.28. The number of likely N-dealkylation sites (tertiary alicyclic amines) is 1. The van der Waals surface area contributed by atoms with Crippen LogP contribution in [0.4, 0.5) is 9.18 Å². The van der Waals surface area contributed by atoms with Gasteiger partial charge in [0.05, 0.1) is 4.91 Å². The van der Waals surface area contributed by atoms with Crippen LogP contribution in [0, 0.1) is 5.82 Å². The fourth-order valence-corrected chi connectivity index (χ4v) is 5.57. The van der Waals surface area contributed by atoms with Gasteiger partial charge >= 0.3 is 6.09 Å². The molecule has 10 heteroatoms. The van der Waals surface area contributed by atoms with Gasteiger partial charge in [-0.15, -0.1) is 0 Å². The van der Waals surface area contributed by atoms with Crippen molar-refractivity contribution in [3.63, 3.8) is 0 Å². The molecule has 3 heterocycles. The van der Waals surface area contributed by atoms with Gasteiger partial charge in [-0.05, 0) is 62.3 Å². The third-order valence-corrected chi connectivity index (χ3v) is 7.63. The number of benzene rings is 1. The summed E-state index contributed by atoms with van der Waals surface area (Å²) in [6.07, 6.45) is 4.51. The van der Waals surface area contributed by atoms with Crippen LogP contribution >= 0.6 is 24.0 Å². The van der Waals surface area contributed by atoms with E-state index in [1.807, 2.05) is 11.1 Å². The Morgan fingerprint density at radius 1 is 1.36 bits per heavy atom. The highest BCUT2D eigenvalue weighted by Crippen LogP contribution is 2.34. The first-order chi connectivity index (χ1) is 16.0. The van der Waals surface area contributed by atoms with Crippen molar-refractivity contribution in [1.82, 2.24) is 20.2 Å². The number of likely N-dealkylation sites (N-methyl/N-ethyl adjacent to an activating group) is 1. The van der Waals surface area contributed by atoms with Crippen LogP contribution in [0.2, 0.25) is 0 Å². The monoisotopic (exact) mass is 491 g/mol. The van der Waals surface area contributed by atoms with Crippen LogP contribution in [-0.4, -0.2) is 76.4 Å². The highest BCUT2D eigenvalue weighted by Gasteiger charge is 2.31. The van der Waals surface area contributed by atoms with Crippen molar-refractivity contribution in [3.05, 3.63) is 34.5 Å². The van der Waals surface area contributed by atoms with Crippen LogP contribution in [0.15, 0.2) is 28.1 Å². The first-order valence-electron chi connectivity index (χ1n) is 11.5. The maximum Gasteiger partial charge on any atom is 0.415 e. The molecular weight excluding hydrogens is 461 g/mol. The quantitative estimate of drug-likeness (QED) is 0.491. The average Bonchev–Trinajstić information content (AvgIpc) is 3.45. The van der Waals surface area contributed by atoms with Crippen molar-refractivity contribution in [2.24, 2.45) is 4.99 Å². The Kier molecular flexibility index (Phi) is 8.00. The molecule has 1 aromatic rings. The van der Waals surface area contributed by atoms with Crippen LogP contribution in [-0.2, 0) is 0 Å². The summed E-state index contributed by atoms with van der Waals surface area (Å²) < 4.78 is 19.7. The number of hydrogen-bond acceptors (Lipinski definition) is 7. The van der Waals surface area contributed by atoms with Crippen LogP contribution in [0.5, 0.6) is 5.75 Å². The van der Waals surface area contributed by atoms with Crippen molar-refractivity contribution in [2.45, 2.75) is 39.2 Å². The average molecular weight is 492 g/mol. The molecule has 0 unspecified atom stereocenters. The Balaban J connectivity index is 1.46. The highest BCUT2D eigenvalue weighted by molar-refractivity contribution is 8.19. The molecule has 1 atom stereocenters. The van der Waals surface area contributed by atoms with E-state index in [1.165, 1.54) is 23.9 Å². The van der Waals surface area contributed by atoms with Gasteiger partial charge in [0.15, 0.2) is 5.17 Å². The number of thioether (sulfide) groups is 1. The smallest absolute Gasteiger partial charge is 0.409 e. The lowest BCUT2D eigenvalue weighted by molar-refractivity contribution is 0.154. The molecule has 0 bridgehead atoms. The van der Waals surface area contributed by atoms with Gasteiger partial charge in [0.1, 0.15) is 16.6 Å². The third-order valence-electron chi connectivity index (χ3n) is 6.16. The number of amides is 1. The van der Waals surface area contributed by atoms with E-state index < -0.39 is 11.9 Å². The largest absolute Gasteiger partial charge is 0.415 e. The first kappa shape index (κ1) is 24.1. The van der Waals surface area contributed by atoms with Gasteiger partial charge in [-0.2, -0.15) is 0 Å². The van der Waals surface area contributed by atoms with Crippen molar-refractivity contribution in [2.75, 3.05) is 39.3 Å². The first-order valence-corrected chi connectivity index (χ1v) is 12.7. The number of halogens is 1. The predicted molar refractivity (Wildman–Crippen MR) is 135 cm³/mol. The lowest BCUT2D eigenvalue weighted by atomic mass is 10.2. The molecule has 4 rings (SSSR count). The van der Waals surface area contributed by atoms with E-state index in [0.717, 1.165) is 55.5 Å². The van der Waals surface area contributed by atoms with Crippen LogP contribution in [0.3, 0.4) is 0 Å². The molecule has 33 heavy (non-hydrogen) atoms. The minimum absolute atomic E-state index is 0.187. The number of hydrazine groups is 1. The Morgan fingerprint density at radius 3 is 2.91 bits per heavy atom. The minimum atomic E-state index is -0.460. The molecule has 0 aliphatic carbocycles. The zero-order valence-electron chi connectivity index (χ0n) is 19.1. The number of aliphatic imine (C=N–C) groups is 1. The van der Waals surface area contributed by atoms with E-state index in [4.69, 9.17) is 17.0 Å². The van der Waals surface area contributed by atoms with Gasteiger partial charge in [-0.3, -0.25) is 9.91 Å². The molecule has 2 fully saturated rings. The van der Waals surface area contributed by atoms with Crippen molar-refractivity contribution in [1.29, 1.82) is 0 Å². The van der Waals surface area contributed by atoms with E-state index in [9.17, 15) is 9.18 Å². The maximum atomic E-state index is 14.0. The summed E-state index contributed by atoms with van der Waals surface area (Å²) in [6, 6.07) is 4.53. The number of nitrogens with one attached hydrogen (secondary N) is 1. The second kappa shape index (κ2) is 10.9. The number of rotatable bonds is 5. The SMILES string of the molecule is CCN(CC)[C@H]1CCN(C(=O)Oc2cc(F)ccc2/C=C2\SC(N3CCCCN3)=NC2=S)C1. The molecule has 2 saturated heterocycles. The lowest BCUT2D eigenvalue weighted by Crippen LogP contribution is -2.45. The minimum Gasteiger partial charge on any atom is -0.409 e. The van der Waals surface area contributed by atoms with E-state index >= 15 is 0 Å². The van der Waals surface area contributed by atoms with Gasteiger partial charge in [0, 0.05) is 43.9 Å². The fourth-order valence-electron chi connectivity index (χ4n) is 4.33. The van der Waals surface area contributed by atoms with Gasteiger partial charge in [-0.1, -0.05) is 26.1 Å². The number of hydrogen-bond donors (Lipinski definition) is 1. The summed E-state index contributed by atoms with van der Waals surface area (Å²) >= 11 is 6.93. The molecule has 1 amide bonds. The predicted octanol–water partition coefficient (Wildman–Crippen LogP) is 4.11. The summed E-state index contributed by atoms with van der Waals surface area (Å²) in [5.41, 5.74) is 3.92. The van der Waals surface area contributed by atoms with Crippen molar-refractivity contribution in [3.8, 4) is 5.75 Å². The maximum absolute atomic E-state index is 14.0. The van der Waals surface area contributed by atoms with Crippen molar-refractivity contribution >= 4 is 46.3 Å². The van der Waals surface area contributed by atoms with Gasteiger partial charge in [-0.25, -0.2) is 19.6 Å². The zero-order chi connectivity index (χ0) is 23.4.